The van der Waals surface area contributed by atoms with E-state index in [-0.39, 0.29) is 5.58 Å². The van der Waals surface area contributed by atoms with E-state index in [0.29, 0.717) is 16.7 Å². The van der Waals surface area contributed by atoms with Crippen LogP contribution in [0.5, 0.6) is 5.75 Å². The van der Waals surface area contributed by atoms with Crippen LogP contribution in [-0.4, -0.2) is 29.0 Å². The lowest BCUT2D eigenvalue weighted by atomic mass is 10.2. The van der Waals surface area contributed by atoms with Crippen molar-refractivity contribution >= 4 is 59.3 Å². The largest absolute Gasteiger partial charge is 0.497 e. The summed E-state index contributed by atoms with van der Waals surface area (Å²) in [7, 11) is -7.09. The van der Waals surface area contributed by atoms with Crippen molar-refractivity contribution in [1.82, 2.24) is 0 Å². The summed E-state index contributed by atoms with van der Waals surface area (Å²) >= 11 is 2.03. The number of rotatable bonds is 6. The highest BCUT2D eigenvalue weighted by Crippen LogP contribution is 2.20. The molecule has 7 nitrogen and oxygen atoms in total. The molecule has 0 saturated carbocycles. The minimum atomic E-state index is -4.43. The molecular formula is C19H15IO7S2. The van der Waals surface area contributed by atoms with Gasteiger partial charge >= 0.3 is 5.63 Å². The van der Waals surface area contributed by atoms with Crippen LogP contribution in [0.15, 0.2) is 68.0 Å². The average molecular weight is 546 g/mol. The van der Waals surface area contributed by atoms with Crippen molar-refractivity contribution in [3.8, 4) is 5.75 Å². The van der Waals surface area contributed by atoms with Crippen molar-refractivity contribution in [2.75, 3.05) is 12.2 Å². The maximum atomic E-state index is 12.6. The van der Waals surface area contributed by atoms with Crippen LogP contribution in [0.25, 0.3) is 17.0 Å². The predicted molar refractivity (Wildman–Crippen MR) is 118 cm³/mol. The van der Waals surface area contributed by atoms with Crippen molar-refractivity contribution in [3.63, 3.8) is 0 Å². The lowest BCUT2D eigenvalue weighted by Gasteiger charge is -2.04. The number of hydrogen-bond donors (Lipinski definition) is 0. The first-order valence-corrected chi connectivity index (χ1v) is 12.6. The van der Waals surface area contributed by atoms with E-state index in [4.69, 9.17) is 9.15 Å². The molecule has 10 heteroatoms. The molecule has 0 radical (unpaired) electrons. The molecule has 152 valence electrons. The van der Waals surface area contributed by atoms with Gasteiger partial charge in [-0.1, -0.05) is 18.2 Å². The summed E-state index contributed by atoms with van der Waals surface area (Å²) in [6.07, 6.45) is 1.27. The Hall–Kier alpha value is -2.18. The van der Waals surface area contributed by atoms with Gasteiger partial charge < -0.3 is 9.15 Å². The fourth-order valence-corrected chi connectivity index (χ4v) is 6.48. The summed E-state index contributed by atoms with van der Waals surface area (Å²) < 4.78 is 60.7. The predicted octanol–water partition coefficient (Wildman–Crippen LogP) is 3.22. The summed E-state index contributed by atoms with van der Waals surface area (Å²) in [6, 6.07) is 12.6. The molecule has 0 spiro atoms. The van der Waals surface area contributed by atoms with Gasteiger partial charge in [0.25, 0.3) is 0 Å². The molecule has 0 saturated heterocycles. The molecule has 2 aromatic carbocycles. The molecular weight excluding hydrogens is 531 g/mol. The summed E-state index contributed by atoms with van der Waals surface area (Å²) in [5.41, 5.74) is -0.330. The number of fused-ring (bicyclic) bond motifs is 1. The first-order valence-electron chi connectivity index (χ1n) is 8.11. The highest BCUT2D eigenvalue weighted by Gasteiger charge is 2.26. The molecule has 0 fully saturated rings. The van der Waals surface area contributed by atoms with E-state index in [2.05, 4.69) is 0 Å². The van der Waals surface area contributed by atoms with Gasteiger partial charge in [0.2, 0.25) is 0 Å². The van der Waals surface area contributed by atoms with Gasteiger partial charge in [-0.3, -0.25) is 0 Å². The summed E-state index contributed by atoms with van der Waals surface area (Å²) in [4.78, 5) is 11.5. The molecule has 0 aliphatic rings. The molecule has 0 aliphatic heterocycles. The molecule has 29 heavy (non-hydrogen) atoms. The Bertz CT molecular complexity index is 1350. The lowest BCUT2D eigenvalue weighted by molar-refractivity contribution is 0.415. The van der Waals surface area contributed by atoms with Crippen LogP contribution < -0.4 is 10.4 Å². The molecule has 0 aliphatic carbocycles. The number of methoxy groups -OCH3 is 1. The van der Waals surface area contributed by atoms with Gasteiger partial charge in [0.15, 0.2) is 29.7 Å². The maximum Gasteiger partial charge on any atom is 0.355 e. The molecule has 3 aromatic rings. The lowest BCUT2D eigenvalue weighted by Crippen LogP contribution is -2.21. The van der Waals surface area contributed by atoms with E-state index in [9.17, 15) is 21.6 Å². The Balaban J connectivity index is 1.90. The average Bonchev–Trinajstić information content (AvgIpc) is 2.65. The standard InChI is InChI=1S/C19H15IO7S2/c1-26-16-6-2-13(3-7-16)8-9-28(22,23)12-29(24,25)18-10-14-4-5-15(20)11-17(14)27-19(18)21/h2-11H,12H2,1H3/b9-8+. The van der Waals surface area contributed by atoms with Crippen molar-refractivity contribution in [2.24, 2.45) is 0 Å². The third-order valence-electron chi connectivity index (χ3n) is 3.90. The van der Waals surface area contributed by atoms with Crippen LogP contribution in [0.1, 0.15) is 5.56 Å². The Morgan fingerprint density at radius 2 is 1.72 bits per heavy atom. The minimum absolute atomic E-state index is 0.225. The highest BCUT2D eigenvalue weighted by atomic mass is 127. The van der Waals surface area contributed by atoms with E-state index >= 15 is 0 Å². The van der Waals surface area contributed by atoms with Crippen LogP contribution >= 0.6 is 22.6 Å². The third-order valence-corrected chi connectivity index (χ3v) is 8.64. The van der Waals surface area contributed by atoms with Crippen LogP contribution in [0.4, 0.5) is 0 Å². The van der Waals surface area contributed by atoms with Crippen molar-refractivity contribution in [1.29, 1.82) is 0 Å². The van der Waals surface area contributed by atoms with Gasteiger partial charge in [-0.15, -0.1) is 0 Å². The summed E-state index contributed by atoms with van der Waals surface area (Å²) in [5.74, 6) is 0.602. The van der Waals surface area contributed by atoms with E-state index in [1.165, 1.54) is 13.2 Å². The molecule has 0 amide bonds. The topological polar surface area (TPSA) is 108 Å². The Labute approximate surface area is 181 Å². The summed E-state index contributed by atoms with van der Waals surface area (Å²) in [6.45, 7) is 0. The van der Waals surface area contributed by atoms with Gasteiger partial charge in [0.1, 0.15) is 11.3 Å². The smallest absolute Gasteiger partial charge is 0.355 e. The van der Waals surface area contributed by atoms with Crippen molar-refractivity contribution < 1.29 is 26.0 Å². The fourth-order valence-electron chi connectivity index (χ4n) is 2.50. The molecule has 0 unspecified atom stereocenters. The molecule has 3 rings (SSSR count). The van der Waals surface area contributed by atoms with E-state index in [0.717, 1.165) is 15.0 Å². The fraction of sp³-hybridized carbons (Fsp3) is 0.105. The zero-order chi connectivity index (χ0) is 21.2. The Kier molecular flexibility index (Phi) is 6.15. The second-order valence-corrected chi connectivity index (χ2v) is 11.5. The number of benzene rings is 2. The molecule has 1 heterocycles. The van der Waals surface area contributed by atoms with Crippen LogP contribution in [0, 0.1) is 3.57 Å². The second-order valence-electron chi connectivity index (χ2n) is 6.05. The number of hydrogen-bond acceptors (Lipinski definition) is 7. The number of halogens is 1. The maximum absolute atomic E-state index is 12.6. The van der Waals surface area contributed by atoms with Gasteiger partial charge in [0.05, 0.1) is 7.11 Å². The van der Waals surface area contributed by atoms with Crippen molar-refractivity contribution in [2.45, 2.75) is 4.90 Å². The van der Waals surface area contributed by atoms with E-state index in [1.807, 2.05) is 22.6 Å². The monoisotopic (exact) mass is 546 g/mol. The third kappa shape index (κ3) is 5.25. The van der Waals surface area contributed by atoms with Gasteiger partial charge in [0, 0.05) is 14.4 Å². The SMILES string of the molecule is COc1ccc(/C=C/S(=O)(=O)CS(=O)(=O)c2cc3ccc(I)cc3oc2=O)cc1. The van der Waals surface area contributed by atoms with Gasteiger partial charge in [-0.2, -0.15) is 0 Å². The number of sulfone groups is 2. The van der Waals surface area contributed by atoms with E-state index in [1.54, 1.807) is 42.5 Å². The second kappa shape index (κ2) is 8.28. The quantitative estimate of drug-likeness (QED) is 0.345. The summed E-state index contributed by atoms with van der Waals surface area (Å²) in [5, 5.41) is -0.0558. The Morgan fingerprint density at radius 1 is 1.03 bits per heavy atom. The van der Waals surface area contributed by atoms with Crippen LogP contribution in [0.3, 0.4) is 0 Å². The van der Waals surface area contributed by atoms with Crippen LogP contribution in [-0.2, 0) is 19.7 Å². The van der Waals surface area contributed by atoms with Crippen LogP contribution in [0.2, 0.25) is 0 Å². The van der Waals surface area contributed by atoms with Gasteiger partial charge in [-0.25, -0.2) is 21.6 Å². The number of ether oxygens (including phenoxy) is 1. The zero-order valence-electron chi connectivity index (χ0n) is 15.0. The molecule has 0 atom stereocenters. The zero-order valence-corrected chi connectivity index (χ0v) is 18.8. The normalized spacial score (nSPS) is 12.5. The van der Waals surface area contributed by atoms with Crippen molar-refractivity contribution in [3.05, 3.63) is 73.5 Å². The first kappa shape index (κ1) is 21.5. The molecule has 0 bridgehead atoms. The van der Waals surface area contributed by atoms with Gasteiger partial charge in [-0.05, 0) is 64.6 Å². The van der Waals surface area contributed by atoms with E-state index < -0.39 is 35.3 Å². The molecule has 0 N–H and O–H groups in total. The Morgan fingerprint density at radius 3 is 2.38 bits per heavy atom. The first-order chi connectivity index (χ1) is 13.6. The minimum Gasteiger partial charge on any atom is -0.497 e. The highest BCUT2D eigenvalue weighted by molar-refractivity contribution is 14.1. The molecule has 1 aromatic heterocycles.